The van der Waals surface area contributed by atoms with E-state index in [-0.39, 0.29) is 10.8 Å². The summed E-state index contributed by atoms with van der Waals surface area (Å²) in [7, 11) is 0. The minimum atomic E-state index is -0.268. The summed E-state index contributed by atoms with van der Waals surface area (Å²) < 4.78 is 5.36. The summed E-state index contributed by atoms with van der Waals surface area (Å²) in [5.41, 5.74) is 27.9. The van der Waals surface area contributed by atoms with Crippen LogP contribution >= 0.6 is 22.7 Å². The predicted octanol–water partition coefficient (Wildman–Crippen LogP) is 29.6. The van der Waals surface area contributed by atoms with Gasteiger partial charge in [-0.3, -0.25) is 0 Å². The Labute approximate surface area is 611 Å². The van der Waals surface area contributed by atoms with E-state index in [9.17, 15) is 0 Å². The number of hydrogen-bond acceptors (Lipinski definition) is 2. The Morgan fingerprint density at radius 1 is 0.192 bits per heavy atom. The van der Waals surface area contributed by atoms with Gasteiger partial charge in [0.2, 0.25) is 0 Å². The minimum Gasteiger partial charge on any atom is -0.135 e. The highest BCUT2D eigenvalue weighted by Gasteiger charge is 2.40. The van der Waals surface area contributed by atoms with Crippen LogP contribution in [0.1, 0.15) is 49.9 Å². The van der Waals surface area contributed by atoms with Crippen LogP contribution in [0.2, 0.25) is 0 Å². The van der Waals surface area contributed by atoms with Gasteiger partial charge in [-0.25, -0.2) is 0 Å². The summed E-state index contributed by atoms with van der Waals surface area (Å²) in [5.74, 6) is 0. The fraction of sp³-hybridized carbons (Fsp3) is 0.0588. The van der Waals surface area contributed by atoms with Crippen LogP contribution in [0, 0.1) is 0 Å². The van der Waals surface area contributed by atoms with E-state index in [1.165, 1.54) is 227 Å². The molecule has 0 bridgehead atoms. The van der Waals surface area contributed by atoms with Crippen molar-refractivity contribution in [2.24, 2.45) is 0 Å². The second kappa shape index (κ2) is 22.2. The molecule has 2 aliphatic rings. The first-order valence-electron chi connectivity index (χ1n) is 36.4. The van der Waals surface area contributed by atoms with Crippen molar-refractivity contribution in [3.8, 4) is 100 Å². The lowest BCUT2D eigenvalue weighted by Gasteiger charge is -2.23. The van der Waals surface area contributed by atoms with Crippen LogP contribution in [0.25, 0.3) is 205 Å². The van der Waals surface area contributed by atoms with E-state index < -0.39 is 0 Å². The Balaban J connectivity index is 0.626. The van der Waals surface area contributed by atoms with Crippen molar-refractivity contribution in [1.29, 1.82) is 0 Å². The Hall–Kier alpha value is -12.0. The van der Waals surface area contributed by atoms with Gasteiger partial charge in [-0.15, -0.1) is 22.7 Å². The van der Waals surface area contributed by atoms with Crippen molar-refractivity contribution < 1.29 is 0 Å². The largest absolute Gasteiger partial charge is 0.135 e. The summed E-state index contributed by atoms with van der Waals surface area (Å²) in [4.78, 5) is 0. The van der Waals surface area contributed by atoms with Gasteiger partial charge in [-0.1, -0.05) is 325 Å². The first-order chi connectivity index (χ1) is 51.1. The lowest BCUT2D eigenvalue weighted by Crippen LogP contribution is -2.15. The van der Waals surface area contributed by atoms with Gasteiger partial charge in [0.1, 0.15) is 0 Å². The van der Waals surface area contributed by atoms with Crippen LogP contribution in [0.3, 0.4) is 0 Å². The van der Waals surface area contributed by atoms with E-state index in [0.717, 1.165) is 0 Å². The monoisotopic (exact) mass is 1350 g/mol. The number of rotatable bonds is 7. The van der Waals surface area contributed by atoms with Crippen molar-refractivity contribution >= 4 is 128 Å². The maximum atomic E-state index is 2.54. The number of hydrogen-bond donors (Lipinski definition) is 0. The number of thiophene rings is 2. The van der Waals surface area contributed by atoms with Crippen LogP contribution in [0.15, 0.2) is 328 Å². The molecular weight excluding hydrogens is 1290 g/mol. The lowest BCUT2D eigenvalue weighted by atomic mass is 9.80. The Kier molecular flexibility index (Phi) is 12.7. The van der Waals surface area contributed by atoms with Crippen LogP contribution < -0.4 is 0 Å². The molecule has 2 heteroatoms. The molecule has 18 aromatic carbocycles. The van der Waals surface area contributed by atoms with Crippen molar-refractivity contribution in [2.45, 2.75) is 38.5 Å². The zero-order valence-corrected chi connectivity index (χ0v) is 59.6. The SMILES string of the molecule is CC1(C)c2cc(-c3c4ccccc4c(-c4ccc(-c5ccc(-c6cc7sc8ccccc8c7c7c8c(ccc67)C(C)(C)c6cc(-c7c9ccccc9c(-c9ccc(-c%10ccccc%10)cc9)c9ccccc79)ccc6-8)cc5)cc4)c4ccccc34)ccc2-c2c1ccc1ccc3c4ccccc4sc3c21. The maximum absolute atomic E-state index is 2.54. The maximum Gasteiger partial charge on any atom is 0.0440 e. The quantitative estimate of drug-likeness (QED) is 0.140. The summed E-state index contributed by atoms with van der Waals surface area (Å²) in [6, 6.07) is 125. The molecule has 2 heterocycles. The topological polar surface area (TPSA) is 0 Å². The zero-order valence-electron chi connectivity index (χ0n) is 58.0. The summed E-state index contributed by atoms with van der Waals surface area (Å²) in [6.07, 6.45) is 0. The standard InChI is InChI=1S/C102H66S2/c1-101(2)84-54-49-66-46-50-79-69-22-16-18-32-88(69)104-100(79)95(66)96(84)80-51-47-67(56-86(80)101)93-74-27-12-10-25-72(74)92(73-26-11-13-28-75(73)93)65-44-38-62(39-45-65)61-34-40-63(41-35-61)83-58-90-98(82-31-17-19-33-89(82)103-90)99-78(83)53-55-85-97(99)81-52-48-68(57-87(81)102(85,3)4)94-76-29-14-8-23-70(76)91(71-24-9-15-30-77(71)94)64-42-36-60(37-43-64)59-20-6-5-7-21-59/h5-58H,1-4H3. The highest BCUT2D eigenvalue weighted by atomic mass is 32.1. The van der Waals surface area contributed by atoms with E-state index in [2.05, 4.69) is 355 Å². The molecule has 0 aliphatic heterocycles. The molecule has 486 valence electrons. The Bertz CT molecular complexity index is 6980. The molecule has 2 aliphatic carbocycles. The Morgan fingerprint density at radius 3 is 1.04 bits per heavy atom. The van der Waals surface area contributed by atoms with Crippen molar-refractivity contribution in [3.63, 3.8) is 0 Å². The summed E-state index contributed by atoms with van der Waals surface area (Å²) in [5, 5.41) is 20.8. The first-order valence-corrected chi connectivity index (χ1v) is 38.1. The second-order valence-electron chi connectivity index (χ2n) is 30.0. The number of fused-ring (bicyclic) bond motifs is 22. The fourth-order valence-electron chi connectivity index (χ4n) is 18.9. The second-order valence-corrected chi connectivity index (χ2v) is 32.1. The predicted molar refractivity (Wildman–Crippen MR) is 450 cm³/mol. The average Bonchev–Trinajstić information content (AvgIpc) is 1.53. The van der Waals surface area contributed by atoms with Crippen molar-refractivity contribution in [2.75, 3.05) is 0 Å². The molecule has 0 spiro atoms. The van der Waals surface area contributed by atoms with Gasteiger partial charge in [0.15, 0.2) is 0 Å². The van der Waals surface area contributed by atoms with Gasteiger partial charge in [0.05, 0.1) is 0 Å². The smallest absolute Gasteiger partial charge is 0.0440 e. The van der Waals surface area contributed by atoms with Gasteiger partial charge in [-0.05, 0) is 212 Å². The molecule has 0 fully saturated rings. The van der Waals surface area contributed by atoms with E-state index >= 15 is 0 Å². The van der Waals surface area contributed by atoms with Crippen LogP contribution in [0.5, 0.6) is 0 Å². The molecule has 0 radical (unpaired) electrons. The van der Waals surface area contributed by atoms with Crippen molar-refractivity contribution in [1.82, 2.24) is 0 Å². The first kappa shape index (κ1) is 59.6. The van der Waals surface area contributed by atoms with E-state index in [1.54, 1.807) is 0 Å². The van der Waals surface area contributed by atoms with Crippen LogP contribution in [0.4, 0.5) is 0 Å². The van der Waals surface area contributed by atoms with E-state index in [0.29, 0.717) is 0 Å². The van der Waals surface area contributed by atoms with Gasteiger partial charge in [-0.2, -0.15) is 0 Å². The molecule has 0 amide bonds. The van der Waals surface area contributed by atoms with Crippen LogP contribution in [-0.4, -0.2) is 0 Å². The molecule has 0 N–H and O–H groups in total. The molecule has 0 nitrogen and oxygen atoms in total. The summed E-state index contributed by atoms with van der Waals surface area (Å²) >= 11 is 3.85. The molecule has 22 rings (SSSR count). The van der Waals surface area contributed by atoms with Gasteiger partial charge < -0.3 is 0 Å². The highest BCUT2D eigenvalue weighted by Crippen LogP contribution is 2.59. The molecule has 0 unspecified atom stereocenters. The normalized spacial score (nSPS) is 13.5. The fourth-order valence-corrected chi connectivity index (χ4v) is 21.4. The molecule has 0 saturated carbocycles. The van der Waals surface area contributed by atoms with E-state index in [4.69, 9.17) is 0 Å². The lowest BCUT2D eigenvalue weighted by molar-refractivity contribution is 0.661. The third-order valence-electron chi connectivity index (χ3n) is 23.9. The van der Waals surface area contributed by atoms with Gasteiger partial charge in [0.25, 0.3) is 0 Å². The minimum absolute atomic E-state index is 0.190. The van der Waals surface area contributed by atoms with Crippen LogP contribution in [-0.2, 0) is 10.8 Å². The molecule has 0 saturated heterocycles. The third-order valence-corrected chi connectivity index (χ3v) is 26.2. The van der Waals surface area contributed by atoms with Gasteiger partial charge >= 0.3 is 0 Å². The molecule has 0 atom stereocenters. The molecular formula is C102H66S2. The highest BCUT2D eigenvalue weighted by molar-refractivity contribution is 7.27. The van der Waals surface area contributed by atoms with Crippen molar-refractivity contribution in [3.05, 3.63) is 350 Å². The molecule has 20 aromatic rings. The average molecular weight is 1360 g/mol. The zero-order chi connectivity index (χ0) is 68.8. The third kappa shape index (κ3) is 8.53. The van der Waals surface area contributed by atoms with Gasteiger partial charge in [0, 0.05) is 56.6 Å². The molecule has 104 heavy (non-hydrogen) atoms. The summed E-state index contributed by atoms with van der Waals surface area (Å²) in [6.45, 7) is 9.75. The Morgan fingerprint density at radius 2 is 0.548 bits per heavy atom. The van der Waals surface area contributed by atoms with E-state index in [1.807, 2.05) is 22.7 Å². The number of benzene rings is 18. The molecule has 2 aromatic heterocycles.